The molecule has 0 aromatic heterocycles. The molecule has 9 heteroatoms. The number of hydrogen-bond donors (Lipinski definition) is 1. The number of thioether (sulfide) groups is 1. The second kappa shape index (κ2) is 6.94. The van der Waals surface area contributed by atoms with Crippen LogP contribution in [0.3, 0.4) is 0 Å². The number of aromatic carboxylic acids is 1. The highest BCUT2D eigenvalue weighted by Crippen LogP contribution is 2.45. The molecule has 0 spiro atoms. The van der Waals surface area contributed by atoms with E-state index in [0.29, 0.717) is 16.9 Å². The molecule has 2 aliphatic rings. The third kappa shape index (κ3) is 2.95. The average molecular weight is 424 g/mol. The molecule has 1 fully saturated rings. The van der Waals surface area contributed by atoms with Gasteiger partial charge in [0.2, 0.25) is 5.91 Å². The molecule has 2 heterocycles. The molecule has 0 unspecified atom stereocenters. The Morgan fingerprint density at radius 1 is 1.03 bits per heavy atom. The maximum absolute atomic E-state index is 13.2. The summed E-state index contributed by atoms with van der Waals surface area (Å²) in [5.74, 6) is -2.71. The second-order valence-corrected chi connectivity index (χ2v) is 7.89. The Bertz CT molecular complexity index is 1170. The number of carbonyl (C=O) groups excluding carboxylic acids is 3. The van der Waals surface area contributed by atoms with Gasteiger partial charge in [0.15, 0.2) is 4.32 Å². The number of hydrogen-bond acceptors (Lipinski definition) is 6. The van der Waals surface area contributed by atoms with Gasteiger partial charge in [-0.05, 0) is 24.3 Å². The zero-order chi connectivity index (χ0) is 20.9. The van der Waals surface area contributed by atoms with Crippen molar-refractivity contribution >= 4 is 68.9 Å². The lowest BCUT2D eigenvalue weighted by Crippen LogP contribution is -2.32. The van der Waals surface area contributed by atoms with Crippen molar-refractivity contribution in [2.24, 2.45) is 0 Å². The fraction of sp³-hybridized carbons (Fsp3) is 0.0500. The van der Waals surface area contributed by atoms with E-state index in [1.807, 2.05) is 0 Å². The number of carboxylic acids is 1. The molecule has 2 aliphatic heterocycles. The molecule has 1 N–H and O–H groups in total. The molecular formula is C20H12N2O5S2. The first kappa shape index (κ1) is 19.0. The van der Waals surface area contributed by atoms with Crippen LogP contribution in [0.2, 0.25) is 0 Å². The fourth-order valence-corrected chi connectivity index (χ4v) is 4.64. The van der Waals surface area contributed by atoms with Crippen LogP contribution < -0.4 is 9.80 Å². The summed E-state index contributed by atoms with van der Waals surface area (Å²) in [6, 6.07) is 12.5. The quantitative estimate of drug-likeness (QED) is 0.585. The first-order chi connectivity index (χ1) is 13.8. The van der Waals surface area contributed by atoms with Crippen molar-refractivity contribution in [2.75, 3.05) is 9.80 Å². The maximum Gasteiger partial charge on any atom is 0.335 e. The predicted molar refractivity (Wildman–Crippen MR) is 113 cm³/mol. The molecule has 0 aliphatic carbocycles. The number of amides is 3. The standard InChI is InChI=1S/C20H12N2O5S2/c1-10(23)21-14-8-3-2-7-13(14)15(17(21)24)16-18(25)22(20(28)29-16)12-6-4-5-11(9-12)19(26)27/h2-9H,1H3,(H,26,27). The van der Waals surface area contributed by atoms with Gasteiger partial charge >= 0.3 is 5.97 Å². The highest BCUT2D eigenvalue weighted by Gasteiger charge is 2.43. The molecule has 0 bridgehead atoms. The number of imide groups is 1. The van der Waals surface area contributed by atoms with E-state index in [2.05, 4.69) is 0 Å². The van der Waals surface area contributed by atoms with Crippen molar-refractivity contribution in [3.8, 4) is 0 Å². The smallest absolute Gasteiger partial charge is 0.335 e. The van der Waals surface area contributed by atoms with Crippen LogP contribution in [0.25, 0.3) is 5.57 Å². The molecule has 2 aromatic rings. The van der Waals surface area contributed by atoms with Crippen molar-refractivity contribution in [1.82, 2.24) is 0 Å². The Hall–Kier alpha value is -3.30. The van der Waals surface area contributed by atoms with Crippen LogP contribution in [-0.2, 0) is 14.4 Å². The zero-order valence-electron chi connectivity index (χ0n) is 14.9. The summed E-state index contributed by atoms with van der Waals surface area (Å²) < 4.78 is 0.173. The number of carbonyl (C=O) groups is 4. The monoisotopic (exact) mass is 424 g/mol. The third-order valence-electron chi connectivity index (χ3n) is 4.49. The molecule has 3 amide bonds. The molecule has 4 rings (SSSR count). The fourth-order valence-electron chi connectivity index (χ4n) is 3.27. The molecule has 7 nitrogen and oxygen atoms in total. The van der Waals surface area contributed by atoms with Gasteiger partial charge in [-0.2, -0.15) is 0 Å². The van der Waals surface area contributed by atoms with E-state index in [1.165, 1.54) is 30.0 Å². The van der Waals surface area contributed by atoms with E-state index in [0.717, 1.165) is 16.7 Å². The molecule has 1 saturated heterocycles. The van der Waals surface area contributed by atoms with E-state index < -0.39 is 23.7 Å². The van der Waals surface area contributed by atoms with Gasteiger partial charge < -0.3 is 5.11 Å². The van der Waals surface area contributed by atoms with Crippen molar-refractivity contribution in [2.45, 2.75) is 6.92 Å². The van der Waals surface area contributed by atoms with Crippen LogP contribution in [0.15, 0.2) is 53.4 Å². The minimum atomic E-state index is -1.13. The Morgan fingerprint density at radius 3 is 2.45 bits per heavy atom. The number of fused-ring (bicyclic) bond motifs is 1. The van der Waals surface area contributed by atoms with Crippen molar-refractivity contribution in [3.63, 3.8) is 0 Å². The summed E-state index contributed by atoms with van der Waals surface area (Å²) in [5.41, 5.74) is 1.31. The first-order valence-electron chi connectivity index (χ1n) is 8.39. The van der Waals surface area contributed by atoms with Crippen LogP contribution in [0.4, 0.5) is 11.4 Å². The van der Waals surface area contributed by atoms with Crippen molar-refractivity contribution in [1.29, 1.82) is 0 Å². The molecule has 144 valence electrons. The SMILES string of the molecule is CC(=O)N1C(=O)C(=C2SC(=S)N(c3cccc(C(=O)O)c3)C2=O)c2ccccc21. The lowest BCUT2D eigenvalue weighted by molar-refractivity contribution is -0.122. The van der Waals surface area contributed by atoms with Crippen molar-refractivity contribution < 1.29 is 24.3 Å². The Morgan fingerprint density at radius 2 is 1.76 bits per heavy atom. The average Bonchev–Trinajstić information content (AvgIpc) is 3.13. The summed E-state index contributed by atoms with van der Waals surface area (Å²) in [6.07, 6.45) is 0. The summed E-state index contributed by atoms with van der Waals surface area (Å²) in [4.78, 5) is 51.7. The van der Waals surface area contributed by atoms with Gasteiger partial charge in [-0.1, -0.05) is 48.2 Å². The topological polar surface area (TPSA) is 95.0 Å². The van der Waals surface area contributed by atoms with Gasteiger partial charge in [0.25, 0.3) is 11.8 Å². The number of benzene rings is 2. The van der Waals surface area contributed by atoms with Crippen LogP contribution in [-0.4, -0.2) is 33.1 Å². The van der Waals surface area contributed by atoms with E-state index in [-0.39, 0.29) is 20.4 Å². The second-order valence-electron chi connectivity index (χ2n) is 6.24. The maximum atomic E-state index is 13.2. The van der Waals surface area contributed by atoms with Crippen LogP contribution in [0, 0.1) is 0 Å². The highest BCUT2D eigenvalue weighted by atomic mass is 32.2. The van der Waals surface area contributed by atoms with E-state index >= 15 is 0 Å². The normalized spacial score (nSPS) is 18.4. The molecule has 2 aromatic carbocycles. The minimum Gasteiger partial charge on any atom is -0.478 e. The predicted octanol–water partition coefficient (Wildman–Crippen LogP) is 3.05. The highest BCUT2D eigenvalue weighted by molar-refractivity contribution is 8.27. The van der Waals surface area contributed by atoms with Crippen LogP contribution in [0.1, 0.15) is 22.8 Å². The Balaban J connectivity index is 1.84. The third-order valence-corrected chi connectivity index (χ3v) is 5.87. The van der Waals surface area contributed by atoms with E-state index in [4.69, 9.17) is 12.2 Å². The number of thiocarbonyl (C=S) groups is 1. The number of nitrogens with zero attached hydrogens (tertiary/aromatic N) is 2. The van der Waals surface area contributed by atoms with Gasteiger partial charge in [-0.15, -0.1) is 0 Å². The first-order valence-corrected chi connectivity index (χ1v) is 9.62. The molecule has 0 saturated carbocycles. The molecule has 0 radical (unpaired) electrons. The number of anilines is 2. The zero-order valence-corrected chi connectivity index (χ0v) is 16.5. The van der Waals surface area contributed by atoms with Gasteiger partial charge in [-0.3, -0.25) is 19.3 Å². The van der Waals surface area contributed by atoms with Gasteiger partial charge in [-0.25, -0.2) is 9.69 Å². The van der Waals surface area contributed by atoms with E-state index in [1.54, 1.807) is 30.3 Å². The van der Waals surface area contributed by atoms with Crippen LogP contribution >= 0.6 is 24.0 Å². The molecule has 29 heavy (non-hydrogen) atoms. The van der Waals surface area contributed by atoms with Crippen LogP contribution in [0.5, 0.6) is 0 Å². The molecular weight excluding hydrogens is 412 g/mol. The molecule has 0 atom stereocenters. The summed E-state index contributed by atoms with van der Waals surface area (Å²) >= 11 is 6.28. The lowest BCUT2D eigenvalue weighted by Gasteiger charge is -2.15. The van der Waals surface area contributed by atoms with E-state index in [9.17, 15) is 24.3 Å². The van der Waals surface area contributed by atoms with Gasteiger partial charge in [0.05, 0.1) is 27.4 Å². The number of carboxylic acid groups (broad SMARTS) is 1. The minimum absolute atomic E-state index is 0.00856. The van der Waals surface area contributed by atoms with Gasteiger partial charge in [0, 0.05) is 12.5 Å². The Kier molecular flexibility index (Phi) is 4.56. The number of para-hydroxylation sites is 1. The summed E-state index contributed by atoms with van der Waals surface area (Å²) in [7, 11) is 0. The number of rotatable bonds is 2. The summed E-state index contributed by atoms with van der Waals surface area (Å²) in [6.45, 7) is 1.28. The lowest BCUT2D eigenvalue weighted by atomic mass is 10.1. The van der Waals surface area contributed by atoms with Crippen molar-refractivity contribution in [3.05, 3.63) is 64.6 Å². The summed E-state index contributed by atoms with van der Waals surface area (Å²) in [5, 5.41) is 9.20. The van der Waals surface area contributed by atoms with Gasteiger partial charge in [0.1, 0.15) is 0 Å². The largest absolute Gasteiger partial charge is 0.478 e. The Labute approximate surface area is 174 Å².